The molecule has 0 bridgehead atoms. The summed E-state index contributed by atoms with van der Waals surface area (Å²) in [6.07, 6.45) is 2.81. The zero-order valence-corrected chi connectivity index (χ0v) is 9.77. The van der Waals surface area contributed by atoms with Gasteiger partial charge in [0, 0.05) is 0 Å². The fourth-order valence-corrected chi connectivity index (χ4v) is 1.68. The van der Waals surface area contributed by atoms with E-state index in [1.165, 1.54) is 24.0 Å². The van der Waals surface area contributed by atoms with Gasteiger partial charge in [0.15, 0.2) is 0 Å². The number of aryl methyl sites for hydroxylation is 1. The Labute approximate surface area is 97.9 Å². The molecule has 0 spiro atoms. The highest BCUT2D eigenvalue weighted by atomic mass is 14.3. The van der Waals surface area contributed by atoms with Crippen LogP contribution in [-0.4, -0.2) is 0 Å². The van der Waals surface area contributed by atoms with Crippen LogP contribution in [-0.2, 0) is 0 Å². The molecule has 16 heavy (non-hydrogen) atoms. The summed E-state index contributed by atoms with van der Waals surface area (Å²) >= 11 is 0. The molecule has 0 radical (unpaired) electrons. The molecule has 0 heteroatoms. The molecule has 0 N–H and O–H groups in total. The maximum atomic E-state index is 2.22. The molecule has 1 saturated carbocycles. The Bertz CT molecular complexity index is 399. The van der Waals surface area contributed by atoms with Crippen molar-refractivity contribution in [1.82, 2.24) is 0 Å². The molecule has 0 aromatic heterocycles. The second-order valence-corrected chi connectivity index (χ2v) is 4.34. The van der Waals surface area contributed by atoms with Gasteiger partial charge >= 0.3 is 0 Å². The van der Waals surface area contributed by atoms with Gasteiger partial charge < -0.3 is 0 Å². The fourth-order valence-electron chi connectivity index (χ4n) is 1.68. The number of rotatable bonds is 1. The van der Waals surface area contributed by atoms with E-state index in [1.807, 2.05) is 18.2 Å². The van der Waals surface area contributed by atoms with Crippen LogP contribution in [0, 0.1) is 6.92 Å². The Kier molecular flexibility index (Phi) is 3.76. The molecule has 0 atom stereocenters. The van der Waals surface area contributed by atoms with Crippen LogP contribution >= 0.6 is 0 Å². The standard InChI is InChI=1S/C9H10.C7H8/c1-2-4-8(5-3-1)9-6-7-9;1-7-5-3-2-4-6-7/h1-5,9H,6-7H2;2-6H,1H3. The minimum Gasteiger partial charge on any atom is -0.0622 e. The van der Waals surface area contributed by atoms with Crippen molar-refractivity contribution < 1.29 is 0 Å². The fraction of sp³-hybridized carbons (Fsp3) is 0.250. The number of hydrogen-bond acceptors (Lipinski definition) is 0. The Morgan fingerprint density at radius 2 is 1.25 bits per heavy atom. The monoisotopic (exact) mass is 210 g/mol. The lowest BCUT2D eigenvalue weighted by molar-refractivity contribution is 1.13. The molecule has 1 fully saturated rings. The van der Waals surface area contributed by atoms with Crippen molar-refractivity contribution in [3.05, 3.63) is 71.8 Å². The zero-order chi connectivity index (χ0) is 11.2. The van der Waals surface area contributed by atoms with E-state index in [4.69, 9.17) is 0 Å². The van der Waals surface area contributed by atoms with E-state index in [-0.39, 0.29) is 0 Å². The summed E-state index contributed by atoms with van der Waals surface area (Å²) in [5.74, 6) is 0.909. The van der Waals surface area contributed by atoms with Gasteiger partial charge in [-0.1, -0.05) is 66.2 Å². The first kappa shape index (κ1) is 10.9. The van der Waals surface area contributed by atoms with Crippen LogP contribution in [0.4, 0.5) is 0 Å². The third-order valence-corrected chi connectivity index (χ3v) is 2.79. The van der Waals surface area contributed by atoms with Crippen LogP contribution in [0.15, 0.2) is 60.7 Å². The lowest BCUT2D eigenvalue weighted by Gasteiger charge is -1.92. The van der Waals surface area contributed by atoms with E-state index in [1.54, 1.807) is 0 Å². The Morgan fingerprint density at radius 1 is 0.750 bits per heavy atom. The molecule has 2 aromatic rings. The normalized spacial score (nSPS) is 13.8. The minimum absolute atomic E-state index is 0.909. The van der Waals surface area contributed by atoms with Crippen molar-refractivity contribution in [2.24, 2.45) is 0 Å². The van der Waals surface area contributed by atoms with Crippen molar-refractivity contribution in [2.45, 2.75) is 25.7 Å². The molecule has 0 amide bonds. The topological polar surface area (TPSA) is 0 Å². The second kappa shape index (κ2) is 5.50. The van der Waals surface area contributed by atoms with Crippen LogP contribution in [0.25, 0.3) is 0 Å². The molecule has 1 aliphatic rings. The average Bonchev–Trinajstić information content (AvgIpc) is 3.16. The van der Waals surface area contributed by atoms with Gasteiger partial charge in [0.2, 0.25) is 0 Å². The summed E-state index contributed by atoms with van der Waals surface area (Å²) in [6, 6.07) is 21.0. The highest BCUT2D eigenvalue weighted by Gasteiger charge is 2.22. The lowest BCUT2D eigenvalue weighted by atomic mass is 10.1. The number of benzene rings is 2. The van der Waals surface area contributed by atoms with E-state index in [0.29, 0.717) is 0 Å². The maximum absolute atomic E-state index is 2.22. The predicted octanol–water partition coefficient (Wildman–Crippen LogP) is 4.56. The van der Waals surface area contributed by atoms with Gasteiger partial charge in [-0.15, -0.1) is 0 Å². The first-order valence-electron chi connectivity index (χ1n) is 5.93. The van der Waals surface area contributed by atoms with Crippen LogP contribution in [0.1, 0.15) is 29.9 Å². The van der Waals surface area contributed by atoms with Gasteiger partial charge in [-0.2, -0.15) is 0 Å². The maximum Gasteiger partial charge on any atom is -0.0162 e. The summed E-state index contributed by atoms with van der Waals surface area (Å²) in [5.41, 5.74) is 2.85. The summed E-state index contributed by atoms with van der Waals surface area (Å²) in [4.78, 5) is 0. The van der Waals surface area contributed by atoms with Gasteiger partial charge in [-0.25, -0.2) is 0 Å². The zero-order valence-electron chi connectivity index (χ0n) is 9.77. The van der Waals surface area contributed by atoms with Gasteiger partial charge in [0.05, 0.1) is 0 Å². The minimum atomic E-state index is 0.909. The van der Waals surface area contributed by atoms with Crippen molar-refractivity contribution in [1.29, 1.82) is 0 Å². The molecule has 1 aliphatic carbocycles. The molecule has 0 nitrogen and oxygen atoms in total. The third kappa shape index (κ3) is 3.54. The van der Waals surface area contributed by atoms with Gasteiger partial charge in [-0.05, 0) is 31.2 Å². The first-order chi connectivity index (χ1) is 7.86. The molecule has 0 unspecified atom stereocenters. The Balaban J connectivity index is 0.000000125. The van der Waals surface area contributed by atoms with Crippen LogP contribution in [0.5, 0.6) is 0 Å². The van der Waals surface area contributed by atoms with Crippen LogP contribution in [0.2, 0.25) is 0 Å². The predicted molar refractivity (Wildman–Crippen MR) is 69.6 cm³/mol. The molecule has 2 aromatic carbocycles. The van der Waals surface area contributed by atoms with Crippen LogP contribution in [0.3, 0.4) is 0 Å². The first-order valence-corrected chi connectivity index (χ1v) is 5.93. The van der Waals surface area contributed by atoms with Crippen molar-refractivity contribution in [3.63, 3.8) is 0 Å². The Hall–Kier alpha value is -1.56. The van der Waals surface area contributed by atoms with Gasteiger partial charge in [0.1, 0.15) is 0 Å². The highest BCUT2D eigenvalue weighted by Crippen LogP contribution is 2.39. The van der Waals surface area contributed by atoms with E-state index in [0.717, 1.165) is 5.92 Å². The van der Waals surface area contributed by atoms with Crippen molar-refractivity contribution in [3.8, 4) is 0 Å². The molecule has 0 aliphatic heterocycles. The molecule has 82 valence electrons. The lowest BCUT2D eigenvalue weighted by Crippen LogP contribution is -1.73. The van der Waals surface area contributed by atoms with E-state index < -0.39 is 0 Å². The van der Waals surface area contributed by atoms with E-state index in [9.17, 15) is 0 Å². The molecule has 3 rings (SSSR count). The summed E-state index contributed by atoms with van der Waals surface area (Å²) in [6.45, 7) is 2.08. The molecular formula is C16H18. The van der Waals surface area contributed by atoms with Crippen molar-refractivity contribution >= 4 is 0 Å². The smallest absolute Gasteiger partial charge is 0.0162 e. The van der Waals surface area contributed by atoms with E-state index >= 15 is 0 Å². The van der Waals surface area contributed by atoms with Gasteiger partial charge in [0.25, 0.3) is 0 Å². The largest absolute Gasteiger partial charge is 0.0622 e. The molecule has 0 saturated heterocycles. The average molecular weight is 210 g/mol. The molecule has 0 heterocycles. The summed E-state index contributed by atoms with van der Waals surface area (Å²) in [7, 11) is 0. The SMILES string of the molecule is Cc1ccccc1.c1ccc(C2CC2)cc1. The Morgan fingerprint density at radius 3 is 1.62 bits per heavy atom. The van der Waals surface area contributed by atoms with E-state index in [2.05, 4.69) is 49.4 Å². The summed E-state index contributed by atoms with van der Waals surface area (Å²) < 4.78 is 0. The second-order valence-electron chi connectivity index (χ2n) is 4.34. The molecular weight excluding hydrogens is 192 g/mol. The van der Waals surface area contributed by atoms with Crippen molar-refractivity contribution in [2.75, 3.05) is 0 Å². The quantitative estimate of drug-likeness (QED) is 0.647. The number of hydrogen-bond donors (Lipinski definition) is 0. The van der Waals surface area contributed by atoms with Gasteiger partial charge in [-0.3, -0.25) is 0 Å². The van der Waals surface area contributed by atoms with Crippen LogP contribution < -0.4 is 0 Å². The third-order valence-electron chi connectivity index (χ3n) is 2.79. The summed E-state index contributed by atoms with van der Waals surface area (Å²) in [5, 5.41) is 0. The highest BCUT2D eigenvalue weighted by molar-refractivity contribution is 5.22.